The van der Waals surface area contributed by atoms with Crippen molar-refractivity contribution >= 4 is 27.6 Å². The molecule has 1 heterocycles. The minimum atomic E-state index is -4.00. The van der Waals surface area contributed by atoms with E-state index in [1.807, 2.05) is 0 Å². The molecule has 1 saturated heterocycles. The van der Waals surface area contributed by atoms with Crippen LogP contribution in [0.25, 0.3) is 0 Å². The number of hydrazone groups is 1. The number of nitro groups is 1. The van der Waals surface area contributed by atoms with Crippen LogP contribution in [-0.2, 0) is 14.8 Å². The summed E-state index contributed by atoms with van der Waals surface area (Å²) >= 11 is 0. The summed E-state index contributed by atoms with van der Waals surface area (Å²) in [6.07, 6.45) is 1.32. The van der Waals surface area contributed by atoms with Crippen molar-refractivity contribution < 1.29 is 22.5 Å². The Morgan fingerprint density at radius 1 is 1.21 bits per heavy atom. The molecule has 0 atom stereocenters. The molecule has 28 heavy (non-hydrogen) atoms. The number of non-ortho nitro benzene ring substituents is 1. The summed E-state index contributed by atoms with van der Waals surface area (Å²) in [5.41, 5.74) is 2.76. The van der Waals surface area contributed by atoms with Gasteiger partial charge in [-0.05, 0) is 23.8 Å². The van der Waals surface area contributed by atoms with Crippen LogP contribution < -0.4 is 5.43 Å². The van der Waals surface area contributed by atoms with Crippen molar-refractivity contribution in [3.63, 3.8) is 0 Å². The van der Waals surface area contributed by atoms with E-state index in [0.717, 1.165) is 6.07 Å². The molecule has 9 nitrogen and oxygen atoms in total. The Bertz CT molecular complexity index is 1010. The van der Waals surface area contributed by atoms with Gasteiger partial charge in [0, 0.05) is 25.2 Å². The van der Waals surface area contributed by atoms with E-state index in [1.165, 1.54) is 40.9 Å². The van der Waals surface area contributed by atoms with Crippen molar-refractivity contribution in [2.45, 2.75) is 4.90 Å². The quantitative estimate of drug-likeness (QED) is 0.445. The third-order valence-corrected chi connectivity index (χ3v) is 5.95. The third kappa shape index (κ3) is 4.50. The van der Waals surface area contributed by atoms with Crippen molar-refractivity contribution in [2.75, 3.05) is 31.7 Å². The van der Waals surface area contributed by atoms with Crippen LogP contribution in [0.15, 0.2) is 52.5 Å². The topological polar surface area (TPSA) is 114 Å². The highest BCUT2D eigenvalue weighted by Gasteiger charge is 2.30. The fourth-order valence-corrected chi connectivity index (χ4v) is 4.19. The highest BCUT2D eigenvalue weighted by atomic mass is 32.2. The Hall–Kier alpha value is -2.89. The van der Waals surface area contributed by atoms with Crippen molar-refractivity contribution in [1.82, 2.24) is 4.31 Å². The van der Waals surface area contributed by atoms with E-state index in [-0.39, 0.29) is 42.6 Å². The van der Waals surface area contributed by atoms with E-state index in [4.69, 9.17) is 4.74 Å². The third-order valence-electron chi connectivity index (χ3n) is 4.01. The fraction of sp³-hybridized carbons (Fsp3) is 0.235. The van der Waals surface area contributed by atoms with Gasteiger partial charge in [0.15, 0.2) is 0 Å². The number of morpholine rings is 1. The normalized spacial score (nSPS) is 15.6. The molecule has 2 aromatic rings. The molecule has 1 aliphatic rings. The van der Waals surface area contributed by atoms with Crippen LogP contribution in [0.3, 0.4) is 0 Å². The number of nitro benzene ring substituents is 1. The van der Waals surface area contributed by atoms with Gasteiger partial charge >= 0.3 is 0 Å². The van der Waals surface area contributed by atoms with Gasteiger partial charge in [-0.15, -0.1) is 0 Å². The van der Waals surface area contributed by atoms with E-state index in [2.05, 4.69) is 10.5 Å². The van der Waals surface area contributed by atoms with Gasteiger partial charge in [-0.3, -0.25) is 15.5 Å². The number of nitrogens with one attached hydrogen (secondary N) is 1. The summed E-state index contributed by atoms with van der Waals surface area (Å²) in [5.74, 6) is -0.435. The fourth-order valence-electron chi connectivity index (χ4n) is 2.62. The minimum absolute atomic E-state index is 0.0738. The number of halogens is 1. The lowest BCUT2D eigenvalue weighted by molar-refractivity contribution is -0.385. The average molecular weight is 408 g/mol. The Balaban J connectivity index is 1.93. The number of benzene rings is 2. The molecule has 0 aromatic heterocycles. The molecule has 0 aliphatic carbocycles. The van der Waals surface area contributed by atoms with Gasteiger partial charge < -0.3 is 4.74 Å². The molecule has 3 rings (SSSR count). The van der Waals surface area contributed by atoms with Crippen LogP contribution in [0.5, 0.6) is 0 Å². The Kier molecular flexibility index (Phi) is 5.97. The molecule has 2 aromatic carbocycles. The van der Waals surface area contributed by atoms with Crippen LogP contribution in [-0.4, -0.2) is 50.2 Å². The Labute approximate surface area is 160 Å². The summed E-state index contributed by atoms with van der Waals surface area (Å²) < 4.78 is 45.5. The molecule has 0 amide bonds. The van der Waals surface area contributed by atoms with E-state index in [9.17, 15) is 22.9 Å². The first-order valence-corrected chi connectivity index (χ1v) is 9.73. The summed E-state index contributed by atoms with van der Waals surface area (Å²) in [7, 11) is -4.00. The van der Waals surface area contributed by atoms with Gasteiger partial charge in [0.1, 0.15) is 10.7 Å². The second-order valence-electron chi connectivity index (χ2n) is 5.88. The zero-order valence-corrected chi connectivity index (χ0v) is 15.4. The smallest absolute Gasteiger partial charge is 0.270 e. The van der Waals surface area contributed by atoms with E-state index in [1.54, 1.807) is 6.07 Å². The van der Waals surface area contributed by atoms with E-state index in [0.29, 0.717) is 5.56 Å². The summed E-state index contributed by atoms with van der Waals surface area (Å²) in [4.78, 5) is 10.2. The monoisotopic (exact) mass is 408 g/mol. The van der Waals surface area contributed by atoms with Gasteiger partial charge in [0.25, 0.3) is 5.69 Å². The van der Waals surface area contributed by atoms with Gasteiger partial charge in [-0.1, -0.05) is 12.1 Å². The molecule has 1 fully saturated rings. The van der Waals surface area contributed by atoms with Crippen LogP contribution >= 0.6 is 0 Å². The molecule has 1 aliphatic heterocycles. The van der Waals surface area contributed by atoms with Crippen molar-refractivity contribution in [1.29, 1.82) is 0 Å². The van der Waals surface area contributed by atoms with Gasteiger partial charge in [-0.2, -0.15) is 9.41 Å². The number of rotatable bonds is 6. The number of hydrogen-bond acceptors (Lipinski definition) is 7. The SMILES string of the molecule is O=[N+]([O-])c1ccc(N/N=C\c2cccc(F)c2)c(S(=O)(=O)N2CCOCC2)c1. The molecule has 1 N–H and O–H groups in total. The highest BCUT2D eigenvalue weighted by Crippen LogP contribution is 2.29. The summed E-state index contributed by atoms with van der Waals surface area (Å²) in [6, 6.07) is 9.12. The van der Waals surface area contributed by atoms with Crippen molar-refractivity contribution in [2.24, 2.45) is 5.10 Å². The van der Waals surface area contributed by atoms with E-state index >= 15 is 0 Å². The molecule has 0 saturated carbocycles. The zero-order chi connectivity index (χ0) is 20.1. The first-order valence-electron chi connectivity index (χ1n) is 8.29. The zero-order valence-electron chi connectivity index (χ0n) is 14.6. The van der Waals surface area contributed by atoms with Crippen molar-refractivity contribution in [3.05, 3.63) is 64.0 Å². The molecule has 11 heteroatoms. The van der Waals surface area contributed by atoms with Gasteiger partial charge in [-0.25, -0.2) is 12.8 Å². The highest BCUT2D eigenvalue weighted by molar-refractivity contribution is 7.89. The molecule has 0 unspecified atom stereocenters. The maximum atomic E-state index is 13.2. The first kappa shape index (κ1) is 19.9. The summed E-state index contributed by atoms with van der Waals surface area (Å²) in [5, 5.41) is 15.0. The molecular weight excluding hydrogens is 391 g/mol. The second kappa shape index (κ2) is 8.42. The number of nitrogens with zero attached hydrogens (tertiary/aromatic N) is 3. The molecule has 0 bridgehead atoms. The van der Waals surface area contributed by atoms with Crippen LogP contribution in [0.2, 0.25) is 0 Å². The Morgan fingerprint density at radius 2 is 1.96 bits per heavy atom. The molecule has 148 valence electrons. The number of hydrogen-bond donors (Lipinski definition) is 1. The van der Waals surface area contributed by atoms with E-state index < -0.39 is 20.8 Å². The lowest BCUT2D eigenvalue weighted by Crippen LogP contribution is -2.40. The predicted octanol–water partition coefficient (Wildman–Crippen LogP) is 2.20. The molecule has 0 spiro atoms. The number of ether oxygens (including phenoxy) is 1. The first-order chi connectivity index (χ1) is 13.4. The largest absolute Gasteiger partial charge is 0.379 e. The lowest BCUT2D eigenvalue weighted by atomic mass is 10.2. The van der Waals surface area contributed by atoms with Crippen LogP contribution in [0.4, 0.5) is 15.8 Å². The average Bonchev–Trinajstić information content (AvgIpc) is 2.68. The van der Waals surface area contributed by atoms with Crippen LogP contribution in [0, 0.1) is 15.9 Å². The minimum Gasteiger partial charge on any atom is -0.379 e. The maximum Gasteiger partial charge on any atom is 0.270 e. The molecular formula is C17H17FN4O5S. The van der Waals surface area contributed by atoms with Crippen LogP contribution in [0.1, 0.15) is 5.56 Å². The second-order valence-corrected chi connectivity index (χ2v) is 7.79. The predicted molar refractivity (Wildman–Crippen MR) is 100 cm³/mol. The van der Waals surface area contributed by atoms with Gasteiger partial charge in [0.2, 0.25) is 10.0 Å². The lowest BCUT2D eigenvalue weighted by Gasteiger charge is -2.26. The van der Waals surface area contributed by atoms with Crippen molar-refractivity contribution in [3.8, 4) is 0 Å². The summed E-state index contributed by atoms with van der Waals surface area (Å²) in [6.45, 7) is 0.789. The molecule has 0 radical (unpaired) electrons. The maximum absolute atomic E-state index is 13.2. The Morgan fingerprint density at radius 3 is 2.64 bits per heavy atom. The number of anilines is 1. The number of sulfonamides is 1. The van der Waals surface area contributed by atoms with Gasteiger partial charge in [0.05, 0.1) is 30.0 Å². The standard InChI is InChI=1S/C17H17FN4O5S/c18-14-3-1-2-13(10-14)12-19-20-16-5-4-15(22(23)24)11-17(16)28(25,26)21-6-8-27-9-7-21/h1-5,10-12,20H,6-9H2/b19-12-.